The molecule has 1 aromatic carbocycles. The summed E-state index contributed by atoms with van der Waals surface area (Å²) in [7, 11) is 0. The third-order valence-electron chi connectivity index (χ3n) is 2.75. The van der Waals surface area contributed by atoms with E-state index in [1.807, 2.05) is 0 Å². The second-order valence-electron chi connectivity index (χ2n) is 4.35. The van der Waals surface area contributed by atoms with E-state index in [2.05, 4.69) is 54.2 Å². The summed E-state index contributed by atoms with van der Waals surface area (Å²) in [4.78, 5) is 0. The van der Waals surface area contributed by atoms with Crippen LogP contribution in [0, 0.1) is 6.92 Å². The molecule has 1 aliphatic rings. The highest BCUT2D eigenvalue weighted by atomic mass is 79.9. The van der Waals surface area contributed by atoms with Gasteiger partial charge in [0.05, 0.1) is 5.69 Å². The lowest BCUT2D eigenvalue weighted by Crippen LogP contribution is -2.19. The SMILES string of the molecule is Cc1ccc(Br)c2c1C(C)(C)CN2. The summed E-state index contributed by atoms with van der Waals surface area (Å²) < 4.78 is 1.18. The minimum Gasteiger partial charge on any atom is -0.383 e. The normalized spacial score (nSPS) is 18.2. The van der Waals surface area contributed by atoms with E-state index in [0.717, 1.165) is 6.54 Å². The minimum atomic E-state index is 0.267. The van der Waals surface area contributed by atoms with Crippen LogP contribution in [-0.4, -0.2) is 6.54 Å². The predicted octanol–water partition coefficient (Wildman–Crippen LogP) is 3.46. The fourth-order valence-electron chi connectivity index (χ4n) is 2.12. The first-order chi connectivity index (χ1) is 6.02. The molecule has 1 aromatic rings. The zero-order valence-electron chi connectivity index (χ0n) is 8.24. The Kier molecular flexibility index (Phi) is 1.91. The third kappa shape index (κ3) is 1.28. The largest absolute Gasteiger partial charge is 0.383 e. The van der Waals surface area contributed by atoms with Gasteiger partial charge in [-0.15, -0.1) is 0 Å². The number of nitrogens with one attached hydrogen (secondary N) is 1. The molecule has 0 radical (unpaired) electrons. The molecule has 2 rings (SSSR count). The standard InChI is InChI=1S/C11H14BrN/c1-7-4-5-8(12)10-9(7)11(2,3)6-13-10/h4-5,13H,6H2,1-3H3. The summed E-state index contributed by atoms with van der Waals surface area (Å²) in [6.45, 7) is 7.78. The molecule has 70 valence electrons. The molecule has 0 aromatic heterocycles. The smallest absolute Gasteiger partial charge is 0.0526 e. The first kappa shape index (κ1) is 9.07. The van der Waals surface area contributed by atoms with Gasteiger partial charge >= 0.3 is 0 Å². The Labute approximate surface area is 87.7 Å². The lowest BCUT2D eigenvalue weighted by Gasteiger charge is -2.19. The van der Waals surface area contributed by atoms with Crippen LogP contribution in [0.2, 0.25) is 0 Å². The molecule has 0 unspecified atom stereocenters. The van der Waals surface area contributed by atoms with Crippen LogP contribution < -0.4 is 5.32 Å². The van der Waals surface area contributed by atoms with Gasteiger partial charge in [0.25, 0.3) is 0 Å². The van der Waals surface area contributed by atoms with Gasteiger partial charge < -0.3 is 5.32 Å². The van der Waals surface area contributed by atoms with E-state index < -0.39 is 0 Å². The molecule has 1 heterocycles. The average Bonchev–Trinajstić information content (AvgIpc) is 2.36. The van der Waals surface area contributed by atoms with Gasteiger partial charge in [-0.1, -0.05) is 19.9 Å². The number of hydrogen-bond acceptors (Lipinski definition) is 1. The third-order valence-corrected chi connectivity index (χ3v) is 3.41. The summed E-state index contributed by atoms with van der Waals surface area (Å²) in [5.41, 5.74) is 4.39. The fraction of sp³-hybridized carbons (Fsp3) is 0.455. The van der Waals surface area contributed by atoms with Gasteiger partial charge in [0.2, 0.25) is 0 Å². The van der Waals surface area contributed by atoms with Crippen molar-refractivity contribution in [3.63, 3.8) is 0 Å². The summed E-state index contributed by atoms with van der Waals surface area (Å²) in [6, 6.07) is 4.29. The molecule has 0 amide bonds. The first-order valence-electron chi connectivity index (χ1n) is 4.56. The van der Waals surface area contributed by atoms with Crippen LogP contribution in [0.3, 0.4) is 0 Å². The van der Waals surface area contributed by atoms with E-state index >= 15 is 0 Å². The lowest BCUT2D eigenvalue weighted by atomic mass is 9.84. The molecule has 0 bridgehead atoms. The second kappa shape index (κ2) is 2.74. The Morgan fingerprint density at radius 3 is 2.69 bits per heavy atom. The molecule has 0 saturated heterocycles. The Hall–Kier alpha value is -0.500. The Bertz CT molecular complexity index is 355. The number of aryl methyl sites for hydroxylation is 1. The summed E-state index contributed by atoms with van der Waals surface area (Å²) in [5.74, 6) is 0. The van der Waals surface area contributed by atoms with Gasteiger partial charge in [-0.3, -0.25) is 0 Å². The molecule has 1 nitrogen and oxygen atoms in total. The molecule has 0 spiro atoms. The van der Waals surface area contributed by atoms with Crippen LogP contribution in [0.5, 0.6) is 0 Å². The van der Waals surface area contributed by atoms with Crippen molar-refractivity contribution < 1.29 is 0 Å². The monoisotopic (exact) mass is 239 g/mol. The molecule has 1 N–H and O–H groups in total. The van der Waals surface area contributed by atoms with Gasteiger partial charge in [-0.05, 0) is 40.0 Å². The molecule has 1 aliphatic heterocycles. The van der Waals surface area contributed by atoms with Gasteiger partial charge in [0, 0.05) is 16.4 Å². The summed E-state index contributed by atoms with van der Waals surface area (Å²) >= 11 is 3.57. The van der Waals surface area contributed by atoms with Crippen LogP contribution in [-0.2, 0) is 5.41 Å². The number of rotatable bonds is 0. The topological polar surface area (TPSA) is 12.0 Å². The Balaban J connectivity index is 2.70. The van der Waals surface area contributed by atoms with Crippen molar-refractivity contribution in [1.82, 2.24) is 0 Å². The molecule has 0 aliphatic carbocycles. The zero-order valence-corrected chi connectivity index (χ0v) is 9.83. The van der Waals surface area contributed by atoms with Crippen molar-refractivity contribution >= 4 is 21.6 Å². The predicted molar refractivity (Wildman–Crippen MR) is 60.4 cm³/mol. The second-order valence-corrected chi connectivity index (χ2v) is 5.21. The summed E-state index contributed by atoms with van der Waals surface area (Å²) in [5, 5.41) is 3.45. The maximum absolute atomic E-state index is 3.57. The first-order valence-corrected chi connectivity index (χ1v) is 5.35. The maximum atomic E-state index is 3.57. The maximum Gasteiger partial charge on any atom is 0.0526 e. The van der Waals surface area contributed by atoms with E-state index in [1.165, 1.54) is 21.3 Å². The minimum absolute atomic E-state index is 0.267. The molecular formula is C11H14BrN. The molecule has 0 atom stereocenters. The highest BCUT2D eigenvalue weighted by Crippen LogP contribution is 2.42. The van der Waals surface area contributed by atoms with Gasteiger partial charge in [-0.2, -0.15) is 0 Å². The molecular weight excluding hydrogens is 226 g/mol. The van der Waals surface area contributed by atoms with Crippen molar-refractivity contribution in [2.45, 2.75) is 26.2 Å². The van der Waals surface area contributed by atoms with Crippen LogP contribution in [0.4, 0.5) is 5.69 Å². The van der Waals surface area contributed by atoms with Crippen LogP contribution in [0.1, 0.15) is 25.0 Å². The number of hydrogen-bond donors (Lipinski definition) is 1. The summed E-state index contributed by atoms with van der Waals surface area (Å²) in [6.07, 6.45) is 0. The van der Waals surface area contributed by atoms with Crippen molar-refractivity contribution in [1.29, 1.82) is 0 Å². The lowest BCUT2D eigenvalue weighted by molar-refractivity contribution is 0.583. The molecule has 0 saturated carbocycles. The van der Waals surface area contributed by atoms with Gasteiger partial charge in [0.1, 0.15) is 0 Å². The van der Waals surface area contributed by atoms with E-state index in [0.29, 0.717) is 0 Å². The van der Waals surface area contributed by atoms with E-state index in [-0.39, 0.29) is 5.41 Å². The van der Waals surface area contributed by atoms with Gasteiger partial charge in [-0.25, -0.2) is 0 Å². The number of fused-ring (bicyclic) bond motifs is 1. The Morgan fingerprint density at radius 2 is 2.08 bits per heavy atom. The van der Waals surface area contributed by atoms with E-state index in [4.69, 9.17) is 0 Å². The number of benzene rings is 1. The van der Waals surface area contributed by atoms with Crippen LogP contribution in [0.15, 0.2) is 16.6 Å². The number of halogens is 1. The average molecular weight is 240 g/mol. The molecule has 2 heteroatoms. The Morgan fingerprint density at radius 1 is 1.38 bits per heavy atom. The van der Waals surface area contributed by atoms with Crippen LogP contribution in [0.25, 0.3) is 0 Å². The van der Waals surface area contributed by atoms with Crippen LogP contribution >= 0.6 is 15.9 Å². The van der Waals surface area contributed by atoms with Crippen molar-refractivity contribution in [3.05, 3.63) is 27.7 Å². The van der Waals surface area contributed by atoms with Gasteiger partial charge in [0.15, 0.2) is 0 Å². The fourth-order valence-corrected chi connectivity index (χ4v) is 2.59. The highest BCUT2D eigenvalue weighted by molar-refractivity contribution is 9.10. The van der Waals surface area contributed by atoms with E-state index in [9.17, 15) is 0 Å². The van der Waals surface area contributed by atoms with E-state index in [1.54, 1.807) is 0 Å². The molecule has 13 heavy (non-hydrogen) atoms. The van der Waals surface area contributed by atoms with Crippen molar-refractivity contribution in [2.75, 3.05) is 11.9 Å². The number of anilines is 1. The zero-order chi connectivity index (χ0) is 9.64. The molecule has 0 fully saturated rings. The van der Waals surface area contributed by atoms with Crippen molar-refractivity contribution in [2.24, 2.45) is 0 Å². The quantitative estimate of drug-likeness (QED) is 0.732. The van der Waals surface area contributed by atoms with Crippen molar-refractivity contribution in [3.8, 4) is 0 Å². The highest BCUT2D eigenvalue weighted by Gasteiger charge is 2.32.